The minimum Gasteiger partial charge on any atom is -0.374 e. The van der Waals surface area contributed by atoms with Crippen LogP contribution in [0.25, 0.3) is 0 Å². The molecule has 3 heterocycles. The Morgan fingerprint density at radius 1 is 1.38 bits per heavy atom. The molecule has 24 heavy (non-hydrogen) atoms. The van der Waals surface area contributed by atoms with Gasteiger partial charge < -0.3 is 4.74 Å². The van der Waals surface area contributed by atoms with Crippen LogP contribution in [0.1, 0.15) is 35.7 Å². The van der Waals surface area contributed by atoms with Crippen LogP contribution in [0, 0.1) is 18.3 Å². The van der Waals surface area contributed by atoms with E-state index in [1.54, 1.807) is 11.3 Å². The fraction of sp³-hybridized carbons (Fsp3) is 0.579. The zero-order chi connectivity index (χ0) is 16.4. The highest BCUT2D eigenvalue weighted by Crippen LogP contribution is 2.49. The largest absolute Gasteiger partial charge is 0.374 e. The third-order valence-corrected chi connectivity index (χ3v) is 6.35. The first kappa shape index (κ1) is 16.2. The Balaban J connectivity index is 1.35. The summed E-state index contributed by atoms with van der Waals surface area (Å²) in [6.45, 7) is 6.86. The molecule has 0 amide bonds. The molecule has 0 aromatic carbocycles. The van der Waals surface area contributed by atoms with Gasteiger partial charge in [0.05, 0.1) is 29.6 Å². The van der Waals surface area contributed by atoms with Gasteiger partial charge in [-0.2, -0.15) is 0 Å². The van der Waals surface area contributed by atoms with E-state index in [0.717, 1.165) is 36.3 Å². The highest BCUT2D eigenvalue weighted by atomic mass is 32.1. The molecule has 0 N–H and O–H groups in total. The van der Waals surface area contributed by atoms with E-state index in [9.17, 15) is 0 Å². The summed E-state index contributed by atoms with van der Waals surface area (Å²) >= 11 is 1.70. The lowest BCUT2D eigenvalue weighted by Crippen LogP contribution is -2.32. The number of aromatic nitrogens is 2. The van der Waals surface area contributed by atoms with Crippen molar-refractivity contribution in [1.29, 1.82) is 0 Å². The molecule has 2 aromatic heterocycles. The van der Waals surface area contributed by atoms with Crippen LogP contribution in [-0.2, 0) is 17.9 Å². The van der Waals surface area contributed by atoms with Crippen LogP contribution >= 0.6 is 11.3 Å². The summed E-state index contributed by atoms with van der Waals surface area (Å²) in [5, 5.41) is 3.23. The van der Waals surface area contributed by atoms with Crippen LogP contribution in [0.3, 0.4) is 0 Å². The molecule has 2 fully saturated rings. The van der Waals surface area contributed by atoms with Crippen molar-refractivity contribution in [3.05, 3.63) is 46.2 Å². The van der Waals surface area contributed by atoms with Crippen molar-refractivity contribution in [2.24, 2.45) is 11.3 Å². The topological polar surface area (TPSA) is 38.2 Å². The molecule has 4 rings (SSSR count). The fourth-order valence-corrected chi connectivity index (χ4v) is 5.03. The van der Waals surface area contributed by atoms with Crippen LogP contribution in [0.5, 0.6) is 0 Å². The number of hydrogen-bond acceptors (Lipinski definition) is 5. The van der Waals surface area contributed by atoms with E-state index in [1.807, 2.05) is 19.2 Å². The maximum Gasteiger partial charge on any atom is 0.0898 e. The number of ether oxygens (including phenoxy) is 1. The molecule has 2 atom stereocenters. The van der Waals surface area contributed by atoms with Crippen LogP contribution in [0.4, 0.5) is 0 Å². The van der Waals surface area contributed by atoms with E-state index in [-0.39, 0.29) is 0 Å². The molecule has 0 unspecified atom stereocenters. The molecule has 1 aliphatic heterocycles. The lowest BCUT2D eigenvalue weighted by Gasteiger charge is -2.28. The minimum absolute atomic E-state index is 0.347. The van der Waals surface area contributed by atoms with Crippen molar-refractivity contribution in [2.75, 3.05) is 19.7 Å². The van der Waals surface area contributed by atoms with Gasteiger partial charge in [0.15, 0.2) is 0 Å². The predicted molar refractivity (Wildman–Crippen MR) is 95.8 cm³/mol. The molecule has 0 bridgehead atoms. The van der Waals surface area contributed by atoms with Crippen molar-refractivity contribution >= 4 is 11.3 Å². The second-order valence-electron chi connectivity index (χ2n) is 7.29. The summed E-state index contributed by atoms with van der Waals surface area (Å²) in [6, 6.07) is 6.19. The van der Waals surface area contributed by atoms with E-state index >= 15 is 0 Å². The van der Waals surface area contributed by atoms with Gasteiger partial charge in [-0.15, -0.1) is 11.3 Å². The molecule has 128 valence electrons. The molecule has 2 aromatic rings. The Morgan fingerprint density at radius 3 is 3.12 bits per heavy atom. The number of aryl methyl sites for hydroxylation is 1. The Labute approximate surface area is 147 Å². The summed E-state index contributed by atoms with van der Waals surface area (Å²) < 4.78 is 6.12. The monoisotopic (exact) mass is 343 g/mol. The second kappa shape index (κ2) is 6.90. The summed E-state index contributed by atoms with van der Waals surface area (Å²) in [5.41, 5.74) is 2.60. The SMILES string of the molecule is Cc1nc(COC[C@@]23CCC[C@@H]2CN(Cc2ccccn2)C3)cs1. The Morgan fingerprint density at radius 2 is 2.33 bits per heavy atom. The van der Waals surface area contributed by atoms with Gasteiger partial charge in [0.1, 0.15) is 0 Å². The first-order valence-electron chi connectivity index (χ1n) is 8.85. The molecule has 1 saturated heterocycles. The summed E-state index contributed by atoms with van der Waals surface area (Å²) in [6.07, 6.45) is 5.88. The number of rotatable bonds is 6. The van der Waals surface area contributed by atoms with Gasteiger partial charge in [-0.3, -0.25) is 9.88 Å². The van der Waals surface area contributed by atoms with Crippen molar-refractivity contribution in [3.8, 4) is 0 Å². The van der Waals surface area contributed by atoms with Gasteiger partial charge >= 0.3 is 0 Å². The lowest BCUT2D eigenvalue weighted by atomic mass is 9.81. The quantitative estimate of drug-likeness (QED) is 0.802. The number of pyridine rings is 1. The smallest absolute Gasteiger partial charge is 0.0898 e. The molecule has 1 saturated carbocycles. The lowest BCUT2D eigenvalue weighted by molar-refractivity contribution is 0.0254. The zero-order valence-corrected chi connectivity index (χ0v) is 15.1. The summed E-state index contributed by atoms with van der Waals surface area (Å²) in [4.78, 5) is 11.6. The maximum absolute atomic E-state index is 6.12. The van der Waals surface area contributed by atoms with Gasteiger partial charge in [0.2, 0.25) is 0 Å². The molecular weight excluding hydrogens is 318 g/mol. The molecule has 0 radical (unpaired) electrons. The predicted octanol–water partition coefficient (Wildman–Crippen LogP) is 3.67. The maximum atomic E-state index is 6.12. The number of thiazole rings is 1. The van der Waals surface area contributed by atoms with E-state index in [0.29, 0.717) is 12.0 Å². The van der Waals surface area contributed by atoms with E-state index in [2.05, 4.69) is 32.4 Å². The van der Waals surface area contributed by atoms with Crippen molar-refractivity contribution in [1.82, 2.24) is 14.9 Å². The Hall–Kier alpha value is -1.30. The fourth-order valence-electron chi connectivity index (χ4n) is 4.44. The number of nitrogens with zero attached hydrogens (tertiary/aromatic N) is 3. The van der Waals surface area contributed by atoms with Crippen molar-refractivity contribution in [2.45, 2.75) is 39.3 Å². The van der Waals surface area contributed by atoms with E-state index in [4.69, 9.17) is 4.74 Å². The van der Waals surface area contributed by atoms with Crippen LogP contribution in [0.2, 0.25) is 0 Å². The third kappa shape index (κ3) is 3.39. The normalized spacial score (nSPS) is 26.8. The molecule has 4 nitrogen and oxygen atoms in total. The van der Waals surface area contributed by atoms with Crippen LogP contribution in [-0.4, -0.2) is 34.6 Å². The Bertz CT molecular complexity index is 674. The zero-order valence-electron chi connectivity index (χ0n) is 14.3. The highest BCUT2D eigenvalue weighted by molar-refractivity contribution is 7.09. The molecule has 1 aliphatic carbocycles. The first-order chi connectivity index (χ1) is 11.7. The van der Waals surface area contributed by atoms with Gasteiger partial charge in [0.25, 0.3) is 0 Å². The number of hydrogen-bond donors (Lipinski definition) is 0. The third-order valence-electron chi connectivity index (χ3n) is 5.53. The Kier molecular flexibility index (Phi) is 4.66. The van der Waals surface area contributed by atoms with Crippen LogP contribution < -0.4 is 0 Å². The van der Waals surface area contributed by atoms with Crippen molar-refractivity contribution in [3.63, 3.8) is 0 Å². The molecule has 2 aliphatic rings. The first-order valence-corrected chi connectivity index (χ1v) is 9.72. The molecular formula is C19H25N3OS. The average Bonchev–Trinajstić information content (AvgIpc) is 3.23. The molecule has 5 heteroatoms. The summed E-state index contributed by atoms with van der Waals surface area (Å²) in [5.74, 6) is 0.776. The van der Waals surface area contributed by atoms with E-state index < -0.39 is 0 Å². The average molecular weight is 343 g/mol. The number of fused-ring (bicyclic) bond motifs is 1. The van der Waals surface area contributed by atoms with Gasteiger partial charge in [-0.05, 0) is 37.8 Å². The second-order valence-corrected chi connectivity index (χ2v) is 8.36. The van der Waals surface area contributed by atoms with Gasteiger partial charge in [-0.1, -0.05) is 12.5 Å². The van der Waals surface area contributed by atoms with Gasteiger partial charge in [0, 0.05) is 36.6 Å². The van der Waals surface area contributed by atoms with E-state index in [1.165, 1.54) is 31.5 Å². The minimum atomic E-state index is 0.347. The number of likely N-dealkylation sites (tertiary alicyclic amines) is 1. The standard InChI is InChI=1S/C19H25N3OS/c1-15-21-18(12-24-15)11-23-14-19-7-4-5-16(19)9-22(13-19)10-17-6-2-3-8-20-17/h2-3,6,8,12,16H,4-5,7,9-11,13-14H2,1H3/t16-,19+/m1/s1. The van der Waals surface area contributed by atoms with Crippen molar-refractivity contribution < 1.29 is 4.74 Å². The molecule has 0 spiro atoms. The van der Waals surface area contributed by atoms with Gasteiger partial charge in [-0.25, -0.2) is 4.98 Å². The van der Waals surface area contributed by atoms with Crippen LogP contribution in [0.15, 0.2) is 29.8 Å². The highest BCUT2D eigenvalue weighted by Gasteiger charge is 2.49. The summed E-state index contributed by atoms with van der Waals surface area (Å²) in [7, 11) is 0.